The summed E-state index contributed by atoms with van der Waals surface area (Å²) in [5.74, 6) is -0.443. The lowest BCUT2D eigenvalue weighted by Gasteiger charge is -2.14. The first-order chi connectivity index (χ1) is 6.08. The molecule has 1 atom stereocenters. The fraction of sp³-hybridized carbons (Fsp3) is 0.875. The van der Waals surface area contributed by atoms with E-state index in [-0.39, 0.29) is 6.16 Å². The Kier molecular flexibility index (Phi) is 6.00. The Balaban J connectivity index is 4.10. The molecule has 0 heterocycles. The molecule has 0 spiro atoms. The molecule has 0 aromatic rings. The molecule has 0 fully saturated rings. The summed E-state index contributed by atoms with van der Waals surface area (Å²) in [6, 6.07) is 0. The van der Waals surface area contributed by atoms with Crippen LogP contribution in [0.25, 0.3) is 0 Å². The molecule has 78 valence electrons. The lowest BCUT2D eigenvalue weighted by molar-refractivity contribution is -0.140. The third kappa shape index (κ3) is 5.06. The van der Waals surface area contributed by atoms with Crippen molar-refractivity contribution in [2.45, 2.75) is 20.8 Å². The predicted molar refractivity (Wildman–Crippen MR) is 51.3 cm³/mol. The van der Waals surface area contributed by atoms with Crippen molar-refractivity contribution >= 4 is 13.3 Å². The summed E-state index contributed by atoms with van der Waals surface area (Å²) in [6.07, 6.45) is 0.269. The van der Waals surface area contributed by atoms with E-state index >= 15 is 0 Å². The van der Waals surface area contributed by atoms with Gasteiger partial charge < -0.3 is 9.26 Å². The molecule has 0 aromatic carbocycles. The zero-order valence-corrected chi connectivity index (χ0v) is 9.30. The lowest BCUT2D eigenvalue weighted by atomic mass is 10.8. The van der Waals surface area contributed by atoms with Gasteiger partial charge in [0.2, 0.25) is 7.37 Å². The van der Waals surface area contributed by atoms with E-state index in [0.29, 0.717) is 19.4 Å². The molecule has 0 bridgehead atoms. The highest BCUT2D eigenvalue weighted by Gasteiger charge is 2.24. The molecule has 5 heteroatoms. The molecule has 0 aliphatic heterocycles. The topological polar surface area (TPSA) is 52.6 Å². The van der Waals surface area contributed by atoms with Crippen molar-refractivity contribution in [3.05, 3.63) is 0 Å². The summed E-state index contributed by atoms with van der Waals surface area (Å²) in [4.78, 5) is 11.0. The highest BCUT2D eigenvalue weighted by atomic mass is 31.2. The van der Waals surface area contributed by atoms with Crippen LogP contribution < -0.4 is 0 Å². The molecular formula is C8H17O4P. The van der Waals surface area contributed by atoms with Gasteiger partial charge in [-0.15, -0.1) is 0 Å². The second kappa shape index (κ2) is 6.17. The van der Waals surface area contributed by atoms with Gasteiger partial charge in [-0.1, -0.05) is 6.92 Å². The van der Waals surface area contributed by atoms with E-state index in [2.05, 4.69) is 0 Å². The average Bonchev–Trinajstić information content (AvgIpc) is 2.05. The van der Waals surface area contributed by atoms with Gasteiger partial charge in [0.05, 0.1) is 13.2 Å². The largest absolute Gasteiger partial charge is 0.466 e. The Labute approximate surface area is 79.1 Å². The Morgan fingerprint density at radius 2 is 1.85 bits per heavy atom. The van der Waals surface area contributed by atoms with Crippen molar-refractivity contribution in [3.63, 3.8) is 0 Å². The monoisotopic (exact) mass is 208 g/mol. The first-order valence-electron chi connectivity index (χ1n) is 4.46. The molecule has 0 saturated heterocycles. The highest BCUT2D eigenvalue weighted by molar-refractivity contribution is 7.59. The van der Waals surface area contributed by atoms with Crippen LogP contribution in [0.5, 0.6) is 0 Å². The quantitative estimate of drug-likeness (QED) is 0.494. The molecule has 0 aliphatic carbocycles. The summed E-state index contributed by atoms with van der Waals surface area (Å²) in [6.45, 7) is 5.90. The molecule has 0 aromatic heterocycles. The van der Waals surface area contributed by atoms with Crippen LogP contribution in [0.4, 0.5) is 0 Å². The van der Waals surface area contributed by atoms with Gasteiger partial charge >= 0.3 is 5.97 Å². The Hall–Kier alpha value is -0.340. The number of hydrogen-bond acceptors (Lipinski definition) is 4. The zero-order chi connectivity index (χ0) is 10.3. The molecular weight excluding hydrogens is 191 g/mol. The third-order valence-corrected chi connectivity index (χ3v) is 3.95. The summed E-state index contributed by atoms with van der Waals surface area (Å²) < 4.78 is 21.5. The van der Waals surface area contributed by atoms with Crippen molar-refractivity contribution < 1.29 is 18.6 Å². The third-order valence-electron chi connectivity index (χ3n) is 1.52. The minimum atomic E-state index is -2.76. The molecule has 0 rings (SSSR count). The number of rotatable bonds is 6. The maximum Gasteiger partial charge on any atom is 0.315 e. The van der Waals surface area contributed by atoms with Crippen LogP contribution in [-0.4, -0.2) is 31.5 Å². The Bertz CT molecular complexity index is 202. The van der Waals surface area contributed by atoms with Gasteiger partial charge in [-0.3, -0.25) is 9.36 Å². The molecule has 4 nitrogen and oxygen atoms in total. The van der Waals surface area contributed by atoms with Crippen LogP contribution in [0.3, 0.4) is 0 Å². The highest BCUT2D eigenvalue weighted by Crippen LogP contribution is 2.45. The van der Waals surface area contributed by atoms with Gasteiger partial charge in [-0.25, -0.2) is 0 Å². The van der Waals surface area contributed by atoms with Gasteiger partial charge in [-0.05, 0) is 13.8 Å². The molecule has 13 heavy (non-hydrogen) atoms. The Morgan fingerprint density at radius 1 is 1.23 bits per heavy atom. The van der Waals surface area contributed by atoms with E-state index in [1.165, 1.54) is 0 Å². The normalized spacial score (nSPS) is 15.0. The summed E-state index contributed by atoms with van der Waals surface area (Å²) in [5, 5.41) is 0. The number of ether oxygens (including phenoxy) is 1. The maximum absolute atomic E-state index is 11.7. The van der Waals surface area contributed by atoms with Crippen LogP contribution in [0.2, 0.25) is 0 Å². The predicted octanol–water partition coefficient (Wildman–Crippen LogP) is 1.88. The number of carbonyl (C=O) groups is 1. The maximum atomic E-state index is 11.7. The molecule has 0 amide bonds. The van der Waals surface area contributed by atoms with Crippen molar-refractivity contribution in [1.82, 2.24) is 0 Å². The minimum Gasteiger partial charge on any atom is -0.466 e. The summed E-state index contributed by atoms with van der Waals surface area (Å²) in [5.41, 5.74) is 0. The Morgan fingerprint density at radius 3 is 2.23 bits per heavy atom. The second-order valence-corrected chi connectivity index (χ2v) is 5.35. The molecule has 0 aliphatic rings. The van der Waals surface area contributed by atoms with E-state index in [1.54, 1.807) is 20.8 Å². The van der Waals surface area contributed by atoms with Crippen LogP contribution >= 0.6 is 7.37 Å². The van der Waals surface area contributed by atoms with Crippen LogP contribution in [0.15, 0.2) is 0 Å². The van der Waals surface area contributed by atoms with E-state index in [4.69, 9.17) is 9.26 Å². The number of esters is 1. The van der Waals surface area contributed by atoms with Crippen molar-refractivity contribution in [2.75, 3.05) is 25.5 Å². The van der Waals surface area contributed by atoms with E-state index in [9.17, 15) is 9.36 Å². The van der Waals surface area contributed by atoms with Crippen LogP contribution in [-0.2, 0) is 18.6 Å². The van der Waals surface area contributed by atoms with Gasteiger partial charge in [0.1, 0.15) is 6.16 Å². The summed E-state index contributed by atoms with van der Waals surface area (Å²) in [7, 11) is -2.76. The lowest BCUT2D eigenvalue weighted by Crippen LogP contribution is -2.12. The van der Waals surface area contributed by atoms with Crippen LogP contribution in [0, 0.1) is 0 Å². The van der Waals surface area contributed by atoms with Gasteiger partial charge in [0.25, 0.3) is 0 Å². The summed E-state index contributed by atoms with van der Waals surface area (Å²) >= 11 is 0. The fourth-order valence-corrected chi connectivity index (χ4v) is 2.34. The minimum absolute atomic E-state index is 0.106. The van der Waals surface area contributed by atoms with Crippen LogP contribution in [0.1, 0.15) is 20.8 Å². The van der Waals surface area contributed by atoms with Gasteiger partial charge in [-0.2, -0.15) is 0 Å². The molecule has 0 saturated carbocycles. The average molecular weight is 208 g/mol. The molecule has 0 unspecified atom stereocenters. The first kappa shape index (κ1) is 12.7. The number of carbonyl (C=O) groups excluding carboxylic acids is 1. The van der Waals surface area contributed by atoms with Crippen molar-refractivity contribution in [1.29, 1.82) is 0 Å². The van der Waals surface area contributed by atoms with E-state index in [1.807, 2.05) is 0 Å². The fourth-order valence-electron chi connectivity index (χ4n) is 0.887. The van der Waals surface area contributed by atoms with Crippen molar-refractivity contribution in [2.24, 2.45) is 0 Å². The van der Waals surface area contributed by atoms with E-state index in [0.717, 1.165) is 0 Å². The first-order valence-corrected chi connectivity index (χ1v) is 6.45. The standard InChI is InChI=1S/C8H17O4P/c1-4-11-8(9)7-13(10,6-3)12-5-2/h4-7H2,1-3H3/t13-/m1/s1. The smallest absolute Gasteiger partial charge is 0.315 e. The SMILES string of the molecule is CCOC(=O)C[P@@](=O)(CC)OCC. The number of hydrogen-bond donors (Lipinski definition) is 0. The van der Waals surface area contributed by atoms with Crippen molar-refractivity contribution in [3.8, 4) is 0 Å². The van der Waals surface area contributed by atoms with Gasteiger partial charge in [0, 0.05) is 6.16 Å². The van der Waals surface area contributed by atoms with E-state index < -0.39 is 13.3 Å². The molecule has 0 radical (unpaired) electrons. The molecule has 0 N–H and O–H groups in total. The van der Waals surface area contributed by atoms with Gasteiger partial charge in [0.15, 0.2) is 0 Å². The zero-order valence-electron chi connectivity index (χ0n) is 8.41. The second-order valence-electron chi connectivity index (χ2n) is 2.51.